The maximum Gasteiger partial charge on any atom is 0.423 e. The minimum absolute atomic E-state index is 0.362. The minimum Gasteiger partial charge on any atom is -0.463 e. The molecule has 0 saturated heterocycles. The lowest BCUT2D eigenvalue weighted by Gasteiger charge is -2.25. The number of rotatable bonds is 4. The van der Waals surface area contributed by atoms with E-state index in [1.807, 2.05) is 0 Å². The van der Waals surface area contributed by atoms with Gasteiger partial charge in [-0.25, -0.2) is 4.79 Å². The van der Waals surface area contributed by atoms with Crippen molar-refractivity contribution in [3.63, 3.8) is 0 Å². The van der Waals surface area contributed by atoms with E-state index >= 15 is 0 Å². The van der Waals surface area contributed by atoms with Crippen molar-refractivity contribution in [2.75, 3.05) is 7.11 Å². The topological polar surface area (TPSA) is 48.7 Å². The molecule has 10 heteroatoms. The molecule has 1 heterocycles. The van der Waals surface area contributed by atoms with Gasteiger partial charge in [-0.15, -0.1) is 0 Å². The molecule has 0 radical (unpaired) electrons. The summed E-state index contributed by atoms with van der Waals surface area (Å²) in [6, 6.07) is 2.08. The van der Waals surface area contributed by atoms with Gasteiger partial charge in [0.1, 0.15) is 11.9 Å². The second-order valence-electron chi connectivity index (χ2n) is 3.94. The van der Waals surface area contributed by atoms with Crippen LogP contribution in [0.3, 0.4) is 0 Å². The van der Waals surface area contributed by atoms with Crippen molar-refractivity contribution in [1.29, 1.82) is 0 Å². The van der Waals surface area contributed by atoms with Gasteiger partial charge in [-0.2, -0.15) is 26.3 Å². The van der Waals surface area contributed by atoms with Gasteiger partial charge in [0.2, 0.25) is 11.9 Å². The predicted molar refractivity (Wildman–Crippen MR) is 55.4 cm³/mol. The van der Waals surface area contributed by atoms with E-state index < -0.39 is 30.5 Å². The van der Waals surface area contributed by atoms with E-state index in [-0.39, 0.29) is 11.5 Å². The summed E-state index contributed by atoms with van der Waals surface area (Å²) >= 11 is 0. The second kappa shape index (κ2) is 5.96. The first kappa shape index (κ1) is 17.3. The molecule has 1 unspecified atom stereocenters. The Morgan fingerprint density at radius 1 is 1.14 bits per heavy atom. The van der Waals surface area contributed by atoms with Gasteiger partial charge in [-0.3, -0.25) is 0 Å². The van der Waals surface area contributed by atoms with Crippen LogP contribution in [-0.2, 0) is 9.47 Å². The van der Waals surface area contributed by atoms with Crippen LogP contribution in [0.1, 0.15) is 29.3 Å². The molecule has 0 aliphatic rings. The van der Waals surface area contributed by atoms with Crippen molar-refractivity contribution in [3.05, 3.63) is 23.7 Å². The van der Waals surface area contributed by atoms with E-state index in [0.29, 0.717) is 0 Å². The summed E-state index contributed by atoms with van der Waals surface area (Å²) in [7, 11) is 1.04. The van der Waals surface area contributed by atoms with Gasteiger partial charge in [0.15, 0.2) is 0 Å². The average molecular weight is 320 g/mol. The number of halogens is 6. The Hall–Kier alpha value is -1.71. The zero-order valence-electron chi connectivity index (χ0n) is 10.7. The quantitative estimate of drug-likeness (QED) is 0.628. The van der Waals surface area contributed by atoms with Crippen LogP contribution in [0.4, 0.5) is 26.3 Å². The first-order valence-corrected chi connectivity index (χ1v) is 5.43. The summed E-state index contributed by atoms with van der Waals surface area (Å²) in [5.74, 6) is -1.65. The van der Waals surface area contributed by atoms with Crippen molar-refractivity contribution < 1.29 is 45.0 Å². The standard InChI is InChI=1S/C11H10F6O4/c1-5(6-3-4-7(21-6)8(18)19-2)20-9(10(12,13)14)11(15,16)17/h3-5,9H,1-2H3. The van der Waals surface area contributed by atoms with Crippen LogP contribution in [-0.4, -0.2) is 31.5 Å². The Bertz CT molecular complexity index is 476. The summed E-state index contributed by atoms with van der Waals surface area (Å²) in [4.78, 5) is 11.1. The van der Waals surface area contributed by atoms with Gasteiger partial charge in [-0.05, 0) is 19.1 Å². The molecule has 120 valence electrons. The van der Waals surface area contributed by atoms with Crippen molar-refractivity contribution in [2.24, 2.45) is 0 Å². The Morgan fingerprint density at radius 2 is 1.67 bits per heavy atom. The van der Waals surface area contributed by atoms with Gasteiger partial charge in [0.05, 0.1) is 7.11 Å². The second-order valence-corrected chi connectivity index (χ2v) is 3.94. The molecule has 0 aromatic carbocycles. The first-order valence-electron chi connectivity index (χ1n) is 5.43. The number of ether oxygens (including phenoxy) is 2. The SMILES string of the molecule is COC(=O)c1ccc(C(C)OC(C(F)(F)F)C(F)(F)F)o1. The van der Waals surface area contributed by atoms with E-state index in [9.17, 15) is 31.1 Å². The number of hydrogen-bond acceptors (Lipinski definition) is 4. The smallest absolute Gasteiger partial charge is 0.423 e. The molecule has 0 fully saturated rings. The largest absolute Gasteiger partial charge is 0.463 e. The highest BCUT2D eigenvalue weighted by atomic mass is 19.4. The molecule has 1 aromatic rings. The zero-order chi connectivity index (χ0) is 16.4. The molecule has 0 spiro atoms. The van der Waals surface area contributed by atoms with Gasteiger partial charge in [0.25, 0.3) is 0 Å². The van der Waals surface area contributed by atoms with Crippen LogP contribution >= 0.6 is 0 Å². The molecule has 1 aromatic heterocycles. The molecule has 0 N–H and O–H groups in total. The maximum absolute atomic E-state index is 12.3. The molecule has 0 amide bonds. The van der Waals surface area contributed by atoms with Crippen LogP contribution in [0.5, 0.6) is 0 Å². The molecule has 0 saturated carbocycles. The van der Waals surface area contributed by atoms with Gasteiger partial charge < -0.3 is 13.9 Å². The van der Waals surface area contributed by atoms with E-state index in [0.717, 1.165) is 26.2 Å². The fourth-order valence-corrected chi connectivity index (χ4v) is 1.39. The number of carbonyl (C=O) groups is 1. The number of furan rings is 1. The van der Waals surface area contributed by atoms with Gasteiger partial charge in [-0.1, -0.05) is 0 Å². The highest BCUT2D eigenvalue weighted by Crippen LogP contribution is 2.38. The molecule has 1 rings (SSSR count). The number of esters is 1. The summed E-state index contributed by atoms with van der Waals surface area (Å²) < 4.78 is 87.1. The summed E-state index contributed by atoms with van der Waals surface area (Å²) in [5, 5.41) is 0. The summed E-state index contributed by atoms with van der Waals surface area (Å²) in [6.07, 6.45) is -16.9. The zero-order valence-corrected chi connectivity index (χ0v) is 10.7. The summed E-state index contributed by atoms with van der Waals surface area (Å²) in [6.45, 7) is 0.935. The Balaban J connectivity index is 2.90. The number of alkyl halides is 6. The molecule has 1 atom stereocenters. The van der Waals surface area contributed by atoms with E-state index in [1.54, 1.807) is 0 Å². The number of methoxy groups -OCH3 is 1. The fourth-order valence-electron chi connectivity index (χ4n) is 1.39. The van der Waals surface area contributed by atoms with Crippen molar-refractivity contribution in [3.8, 4) is 0 Å². The molecular formula is C11H10F6O4. The van der Waals surface area contributed by atoms with Crippen LogP contribution in [0.2, 0.25) is 0 Å². The lowest BCUT2D eigenvalue weighted by atomic mass is 10.2. The Labute approximate surface area is 114 Å². The van der Waals surface area contributed by atoms with Crippen molar-refractivity contribution >= 4 is 5.97 Å². The van der Waals surface area contributed by atoms with Crippen LogP contribution in [0.25, 0.3) is 0 Å². The van der Waals surface area contributed by atoms with Gasteiger partial charge in [0, 0.05) is 0 Å². The van der Waals surface area contributed by atoms with Crippen LogP contribution in [0, 0.1) is 0 Å². The molecule has 21 heavy (non-hydrogen) atoms. The molecule has 4 nitrogen and oxygen atoms in total. The lowest BCUT2D eigenvalue weighted by molar-refractivity contribution is -0.331. The van der Waals surface area contributed by atoms with Crippen LogP contribution < -0.4 is 0 Å². The van der Waals surface area contributed by atoms with Crippen molar-refractivity contribution in [1.82, 2.24) is 0 Å². The van der Waals surface area contributed by atoms with Crippen LogP contribution in [0.15, 0.2) is 16.5 Å². The first-order chi connectivity index (χ1) is 9.46. The third-order valence-electron chi connectivity index (χ3n) is 2.35. The molecule has 0 aliphatic carbocycles. The Morgan fingerprint density at radius 3 is 2.10 bits per heavy atom. The molecule has 0 aliphatic heterocycles. The predicted octanol–water partition coefficient (Wildman–Crippen LogP) is 3.64. The monoisotopic (exact) mass is 320 g/mol. The average Bonchev–Trinajstić information content (AvgIpc) is 2.81. The van der Waals surface area contributed by atoms with E-state index in [4.69, 9.17) is 4.42 Å². The Kier molecular flexibility index (Phi) is 4.92. The lowest BCUT2D eigenvalue weighted by Crippen LogP contribution is -2.44. The van der Waals surface area contributed by atoms with E-state index in [1.165, 1.54) is 0 Å². The highest BCUT2D eigenvalue weighted by molar-refractivity contribution is 5.86. The number of hydrogen-bond donors (Lipinski definition) is 0. The third-order valence-corrected chi connectivity index (χ3v) is 2.35. The van der Waals surface area contributed by atoms with Crippen molar-refractivity contribution in [2.45, 2.75) is 31.5 Å². The van der Waals surface area contributed by atoms with Gasteiger partial charge >= 0.3 is 18.3 Å². The highest BCUT2D eigenvalue weighted by Gasteiger charge is 2.58. The fraction of sp³-hybridized carbons (Fsp3) is 0.545. The summed E-state index contributed by atoms with van der Waals surface area (Å²) in [5.41, 5.74) is 0. The maximum atomic E-state index is 12.3. The third kappa shape index (κ3) is 4.38. The minimum atomic E-state index is -5.62. The molecule has 0 bridgehead atoms. The van der Waals surface area contributed by atoms with E-state index in [2.05, 4.69) is 9.47 Å². The normalized spacial score (nSPS) is 14.3. The number of carbonyl (C=O) groups excluding carboxylic acids is 1. The molecular weight excluding hydrogens is 310 g/mol.